The van der Waals surface area contributed by atoms with Gasteiger partial charge in [0.2, 0.25) is 5.91 Å². The van der Waals surface area contributed by atoms with Crippen LogP contribution in [0.5, 0.6) is 0 Å². The van der Waals surface area contributed by atoms with Crippen LogP contribution < -0.4 is 5.32 Å². The number of aliphatic hydroxyl groups is 1. The minimum absolute atomic E-state index is 0.00982. The van der Waals surface area contributed by atoms with E-state index in [0.717, 1.165) is 68.7 Å². The molecular weight excluding hydrogens is 440 g/mol. The van der Waals surface area contributed by atoms with Crippen LogP contribution in [-0.2, 0) is 24.2 Å². The number of β-amino-alcohol motifs (C(OH)–C–C–N with tert-alkyl or cyclic N) is 1. The minimum atomic E-state index is -0.562. The van der Waals surface area contributed by atoms with E-state index in [9.17, 15) is 14.7 Å². The van der Waals surface area contributed by atoms with Crippen molar-refractivity contribution in [2.24, 2.45) is 0 Å². The number of nitrogens with one attached hydrogen (secondary N) is 1. The van der Waals surface area contributed by atoms with Crippen molar-refractivity contribution < 1.29 is 14.7 Å². The van der Waals surface area contributed by atoms with Crippen LogP contribution in [-0.4, -0.2) is 83.0 Å². The first-order valence-electron chi connectivity index (χ1n) is 12.9. The van der Waals surface area contributed by atoms with Gasteiger partial charge in [-0.3, -0.25) is 14.5 Å². The number of hydrogen-bond donors (Lipinski definition) is 2. The Hall–Kier alpha value is -2.90. The molecule has 1 atom stereocenters. The van der Waals surface area contributed by atoms with Crippen molar-refractivity contribution in [3.05, 3.63) is 64.7 Å². The van der Waals surface area contributed by atoms with Crippen LogP contribution in [0.4, 0.5) is 5.69 Å². The molecule has 3 aliphatic rings. The summed E-state index contributed by atoms with van der Waals surface area (Å²) < 4.78 is 0. The van der Waals surface area contributed by atoms with Gasteiger partial charge in [-0.2, -0.15) is 0 Å². The van der Waals surface area contributed by atoms with E-state index in [2.05, 4.69) is 40.5 Å². The lowest BCUT2D eigenvalue weighted by Crippen LogP contribution is -2.46. The first-order chi connectivity index (χ1) is 17.0. The number of carbonyl (C=O) groups is 2. The molecule has 1 saturated heterocycles. The Morgan fingerprint density at radius 1 is 1.00 bits per heavy atom. The predicted octanol–water partition coefficient (Wildman–Crippen LogP) is 2.53. The van der Waals surface area contributed by atoms with Gasteiger partial charge in [0, 0.05) is 70.0 Å². The fourth-order valence-electron chi connectivity index (χ4n) is 5.70. The number of hydrogen-bond acceptors (Lipinski definition) is 5. The van der Waals surface area contributed by atoms with Gasteiger partial charge in [-0.1, -0.05) is 24.3 Å². The SMILES string of the molecule is CC(=O)N1CCC(Nc2ccc3c(c2)CCN(CC(O)CN2CCc4ccccc4C2)C3=O)CC1. The lowest BCUT2D eigenvalue weighted by molar-refractivity contribution is -0.129. The first-order valence-corrected chi connectivity index (χ1v) is 12.9. The molecule has 2 amide bonds. The third-order valence-corrected chi connectivity index (χ3v) is 7.69. The summed E-state index contributed by atoms with van der Waals surface area (Å²) in [6.07, 6.45) is 3.11. The molecule has 7 nitrogen and oxygen atoms in total. The van der Waals surface area contributed by atoms with Gasteiger partial charge in [-0.15, -0.1) is 0 Å². The van der Waals surface area contributed by atoms with Gasteiger partial charge in [0.1, 0.15) is 0 Å². The Morgan fingerprint density at radius 2 is 1.74 bits per heavy atom. The van der Waals surface area contributed by atoms with Crippen LogP contribution in [0.1, 0.15) is 46.8 Å². The van der Waals surface area contributed by atoms with E-state index in [-0.39, 0.29) is 11.8 Å². The second-order valence-electron chi connectivity index (χ2n) is 10.2. The van der Waals surface area contributed by atoms with Gasteiger partial charge < -0.3 is 20.2 Å². The van der Waals surface area contributed by atoms with Crippen molar-refractivity contribution in [1.29, 1.82) is 0 Å². The topological polar surface area (TPSA) is 76.1 Å². The van der Waals surface area contributed by atoms with E-state index in [1.165, 1.54) is 11.1 Å². The Labute approximate surface area is 207 Å². The lowest BCUT2D eigenvalue weighted by Gasteiger charge is -2.34. The van der Waals surface area contributed by atoms with Gasteiger partial charge in [0.25, 0.3) is 5.91 Å². The maximum absolute atomic E-state index is 13.2. The van der Waals surface area contributed by atoms with Crippen LogP contribution in [0.25, 0.3) is 0 Å². The molecule has 0 saturated carbocycles. The molecule has 0 bridgehead atoms. The number of likely N-dealkylation sites (tertiary alicyclic amines) is 1. The molecule has 0 radical (unpaired) electrons. The van der Waals surface area contributed by atoms with Crippen LogP contribution in [0.2, 0.25) is 0 Å². The molecule has 2 aromatic carbocycles. The number of piperidine rings is 1. The molecular formula is C28H36N4O3. The second kappa shape index (κ2) is 10.4. The van der Waals surface area contributed by atoms with E-state index >= 15 is 0 Å². The predicted molar refractivity (Wildman–Crippen MR) is 136 cm³/mol. The Bertz CT molecular complexity index is 1080. The highest BCUT2D eigenvalue weighted by Crippen LogP contribution is 2.25. The van der Waals surface area contributed by atoms with E-state index in [0.29, 0.717) is 25.7 Å². The maximum atomic E-state index is 13.2. The Kier molecular flexibility index (Phi) is 7.07. The van der Waals surface area contributed by atoms with Gasteiger partial charge in [0.05, 0.1) is 6.10 Å². The summed E-state index contributed by atoms with van der Waals surface area (Å²) >= 11 is 0. The fourth-order valence-corrected chi connectivity index (χ4v) is 5.70. The average molecular weight is 477 g/mol. The van der Waals surface area contributed by atoms with E-state index in [4.69, 9.17) is 0 Å². The average Bonchev–Trinajstić information content (AvgIpc) is 2.86. The number of carbonyl (C=O) groups excluding carboxylic acids is 2. The van der Waals surface area contributed by atoms with Crippen LogP contribution in [0.15, 0.2) is 42.5 Å². The van der Waals surface area contributed by atoms with Gasteiger partial charge in [-0.05, 0) is 60.6 Å². The van der Waals surface area contributed by atoms with Crippen molar-refractivity contribution >= 4 is 17.5 Å². The third-order valence-electron chi connectivity index (χ3n) is 7.69. The minimum Gasteiger partial charge on any atom is -0.390 e. The second-order valence-corrected chi connectivity index (χ2v) is 10.2. The fraction of sp³-hybridized carbons (Fsp3) is 0.500. The highest BCUT2D eigenvalue weighted by Gasteiger charge is 2.28. The number of benzene rings is 2. The molecule has 3 heterocycles. The van der Waals surface area contributed by atoms with E-state index < -0.39 is 6.10 Å². The molecule has 0 aliphatic carbocycles. The molecule has 1 unspecified atom stereocenters. The van der Waals surface area contributed by atoms with E-state index in [1.54, 1.807) is 11.8 Å². The molecule has 0 aromatic heterocycles. The van der Waals surface area contributed by atoms with Crippen LogP contribution >= 0.6 is 0 Å². The summed E-state index contributed by atoms with van der Waals surface area (Å²) in [4.78, 5) is 30.7. The molecule has 5 rings (SSSR count). The largest absolute Gasteiger partial charge is 0.390 e. The highest BCUT2D eigenvalue weighted by molar-refractivity contribution is 5.97. The number of amides is 2. The smallest absolute Gasteiger partial charge is 0.254 e. The molecule has 186 valence electrons. The van der Waals surface area contributed by atoms with Gasteiger partial charge in [0.15, 0.2) is 0 Å². The van der Waals surface area contributed by atoms with Crippen molar-refractivity contribution in [1.82, 2.24) is 14.7 Å². The zero-order valence-electron chi connectivity index (χ0n) is 20.6. The number of anilines is 1. The number of rotatable bonds is 6. The van der Waals surface area contributed by atoms with Gasteiger partial charge >= 0.3 is 0 Å². The number of nitrogens with zero attached hydrogens (tertiary/aromatic N) is 3. The summed E-state index contributed by atoms with van der Waals surface area (Å²) in [5.41, 5.74) is 5.59. The van der Waals surface area contributed by atoms with Crippen molar-refractivity contribution in [2.75, 3.05) is 44.6 Å². The molecule has 1 fully saturated rings. The monoisotopic (exact) mass is 476 g/mol. The summed E-state index contributed by atoms with van der Waals surface area (Å²) in [7, 11) is 0. The summed E-state index contributed by atoms with van der Waals surface area (Å²) in [6.45, 7) is 6.58. The lowest BCUT2D eigenvalue weighted by atomic mass is 9.97. The van der Waals surface area contributed by atoms with Crippen LogP contribution in [0.3, 0.4) is 0 Å². The molecule has 35 heavy (non-hydrogen) atoms. The number of aliphatic hydroxyl groups excluding tert-OH is 1. The summed E-state index contributed by atoms with van der Waals surface area (Å²) in [6, 6.07) is 14.9. The van der Waals surface area contributed by atoms with Crippen molar-refractivity contribution in [3.63, 3.8) is 0 Å². The standard InChI is InChI=1S/C28H36N4O3/c1-20(33)31-14-10-24(11-15-31)29-25-6-7-27-22(16-25)9-13-32(28(27)35)19-26(34)18-30-12-8-21-4-2-3-5-23(21)17-30/h2-7,16,24,26,29,34H,8-15,17-19H2,1H3. The van der Waals surface area contributed by atoms with Gasteiger partial charge in [-0.25, -0.2) is 0 Å². The Morgan fingerprint density at radius 3 is 2.51 bits per heavy atom. The Balaban J connectivity index is 1.14. The zero-order valence-corrected chi connectivity index (χ0v) is 20.6. The maximum Gasteiger partial charge on any atom is 0.254 e. The van der Waals surface area contributed by atoms with Crippen molar-refractivity contribution in [3.8, 4) is 0 Å². The van der Waals surface area contributed by atoms with Crippen molar-refractivity contribution in [2.45, 2.75) is 51.3 Å². The van der Waals surface area contributed by atoms with Crippen LogP contribution in [0, 0.1) is 0 Å². The molecule has 2 aromatic rings. The first kappa shape index (κ1) is 23.8. The molecule has 0 spiro atoms. The quantitative estimate of drug-likeness (QED) is 0.670. The molecule has 7 heteroatoms. The summed E-state index contributed by atoms with van der Waals surface area (Å²) in [5, 5.41) is 14.4. The van der Waals surface area contributed by atoms with E-state index in [1.807, 2.05) is 17.0 Å². The molecule has 3 aliphatic heterocycles. The highest BCUT2D eigenvalue weighted by atomic mass is 16.3. The summed E-state index contributed by atoms with van der Waals surface area (Å²) in [5.74, 6) is 0.155. The zero-order chi connectivity index (χ0) is 24.4. The normalized spacial score (nSPS) is 19.8. The molecule has 2 N–H and O–H groups in total. The number of fused-ring (bicyclic) bond motifs is 2. The third kappa shape index (κ3) is 5.52.